The van der Waals surface area contributed by atoms with Crippen molar-refractivity contribution in [3.05, 3.63) is 28.7 Å². The molecule has 2 rings (SSSR count). The summed E-state index contributed by atoms with van der Waals surface area (Å²) in [6, 6.07) is 2.72. The van der Waals surface area contributed by atoms with Gasteiger partial charge in [-0.2, -0.15) is 0 Å². The number of aromatic nitrogens is 5. The molecule has 0 saturated carbocycles. The molecule has 2 heterocycles. The lowest BCUT2D eigenvalue weighted by molar-refractivity contribution is -0.137. The molecule has 1 N–H and O–H groups in total. The van der Waals surface area contributed by atoms with Gasteiger partial charge in [-0.15, -0.1) is 5.10 Å². The SMILES string of the molecule is CC(CC(=O)O)n1nnnc1-c1ccn(C)c(=O)c1. The molecule has 0 spiro atoms. The van der Waals surface area contributed by atoms with Crippen molar-refractivity contribution in [2.24, 2.45) is 7.05 Å². The first kappa shape index (κ1) is 12.9. The van der Waals surface area contributed by atoms with Gasteiger partial charge in [-0.25, -0.2) is 4.68 Å². The molecule has 8 heteroatoms. The molecule has 0 aliphatic heterocycles. The maximum absolute atomic E-state index is 11.6. The lowest BCUT2D eigenvalue weighted by Gasteiger charge is -2.11. The van der Waals surface area contributed by atoms with E-state index in [4.69, 9.17) is 5.11 Å². The zero-order chi connectivity index (χ0) is 14.0. The van der Waals surface area contributed by atoms with E-state index in [0.717, 1.165) is 0 Å². The Hall–Kier alpha value is -2.51. The van der Waals surface area contributed by atoms with E-state index in [1.54, 1.807) is 26.2 Å². The van der Waals surface area contributed by atoms with Crippen molar-refractivity contribution in [3.8, 4) is 11.4 Å². The van der Waals surface area contributed by atoms with Crippen LogP contribution >= 0.6 is 0 Å². The molecular weight excluding hydrogens is 250 g/mol. The van der Waals surface area contributed by atoms with Crippen molar-refractivity contribution in [2.75, 3.05) is 0 Å². The van der Waals surface area contributed by atoms with Gasteiger partial charge in [0.25, 0.3) is 5.56 Å². The molecule has 0 fully saturated rings. The van der Waals surface area contributed by atoms with Crippen molar-refractivity contribution in [2.45, 2.75) is 19.4 Å². The maximum atomic E-state index is 11.6. The number of aryl methyl sites for hydroxylation is 1. The second-order valence-corrected chi connectivity index (χ2v) is 4.26. The third-order valence-corrected chi connectivity index (χ3v) is 2.74. The standard InChI is InChI=1S/C11H13N5O3/c1-7(5-10(18)19)16-11(12-13-14-16)8-3-4-15(2)9(17)6-8/h3-4,6-7H,5H2,1-2H3,(H,18,19). The van der Waals surface area contributed by atoms with Crippen LogP contribution in [0.25, 0.3) is 11.4 Å². The van der Waals surface area contributed by atoms with Crippen LogP contribution in [-0.4, -0.2) is 35.9 Å². The second-order valence-electron chi connectivity index (χ2n) is 4.26. The van der Waals surface area contributed by atoms with E-state index in [9.17, 15) is 9.59 Å². The third kappa shape index (κ3) is 2.67. The summed E-state index contributed by atoms with van der Waals surface area (Å²) in [6.07, 6.45) is 1.52. The minimum absolute atomic E-state index is 0.0944. The zero-order valence-electron chi connectivity index (χ0n) is 10.5. The summed E-state index contributed by atoms with van der Waals surface area (Å²) in [5.41, 5.74) is 0.378. The van der Waals surface area contributed by atoms with Crippen LogP contribution in [0.5, 0.6) is 0 Å². The fourth-order valence-corrected chi connectivity index (χ4v) is 1.71. The van der Waals surface area contributed by atoms with E-state index in [-0.39, 0.29) is 12.0 Å². The normalized spacial score (nSPS) is 12.3. The number of carboxylic acid groups (broad SMARTS) is 1. The molecule has 0 amide bonds. The minimum Gasteiger partial charge on any atom is -0.481 e. The average molecular weight is 263 g/mol. The van der Waals surface area contributed by atoms with E-state index >= 15 is 0 Å². The van der Waals surface area contributed by atoms with Gasteiger partial charge in [-0.1, -0.05) is 0 Å². The Labute approximate surface area is 108 Å². The highest BCUT2D eigenvalue weighted by Crippen LogP contribution is 2.19. The topological polar surface area (TPSA) is 103 Å². The van der Waals surface area contributed by atoms with E-state index in [2.05, 4.69) is 15.5 Å². The number of carboxylic acids is 1. The molecule has 0 bridgehead atoms. The Kier molecular flexibility index (Phi) is 3.41. The quantitative estimate of drug-likeness (QED) is 0.837. The Bertz CT molecular complexity index is 660. The molecule has 8 nitrogen and oxygen atoms in total. The van der Waals surface area contributed by atoms with Crippen LogP contribution in [0, 0.1) is 0 Å². The summed E-state index contributed by atoms with van der Waals surface area (Å²) in [7, 11) is 1.64. The number of carbonyl (C=O) groups is 1. The number of tetrazole rings is 1. The van der Waals surface area contributed by atoms with Crippen molar-refractivity contribution < 1.29 is 9.90 Å². The van der Waals surface area contributed by atoms with Gasteiger partial charge in [0.15, 0.2) is 5.82 Å². The van der Waals surface area contributed by atoms with Crippen LogP contribution in [0.4, 0.5) is 0 Å². The third-order valence-electron chi connectivity index (χ3n) is 2.74. The smallest absolute Gasteiger partial charge is 0.305 e. The average Bonchev–Trinajstić information content (AvgIpc) is 2.81. The van der Waals surface area contributed by atoms with Gasteiger partial charge in [0, 0.05) is 24.9 Å². The molecule has 1 atom stereocenters. The van der Waals surface area contributed by atoms with Crippen LogP contribution in [0.15, 0.2) is 23.1 Å². The fourth-order valence-electron chi connectivity index (χ4n) is 1.71. The molecule has 2 aromatic heterocycles. The zero-order valence-corrected chi connectivity index (χ0v) is 10.5. The van der Waals surface area contributed by atoms with E-state index < -0.39 is 12.0 Å². The van der Waals surface area contributed by atoms with Crippen molar-refractivity contribution >= 4 is 5.97 Å². The predicted molar refractivity (Wildman–Crippen MR) is 65.5 cm³/mol. The fraction of sp³-hybridized carbons (Fsp3) is 0.364. The van der Waals surface area contributed by atoms with Crippen molar-refractivity contribution in [1.82, 2.24) is 24.8 Å². The lowest BCUT2D eigenvalue weighted by atomic mass is 10.2. The van der Waals surface area contributed by atoms with E-state index in [0.29, 0.717) is 11.4 Å². The summed E-state index contributed by atoms with van der Waals surface area (Å²) in [5.74, 6) is -0.552. The van der Waals surface area contributed by atoms with E-state index in [1.807, 2.05) is 0 Å². The molecule has 0 radical (unpaired) electrons. The number of hydrogen-bond acceptors (Lipinski definition) is 5. The monoisotopic (exact) mass is 263 g/mol. The maximum Gasteiger partial charge on any atom is 0.305 e. The molecule has 1 unspecified atom stereocenters. The van der Waals surface area contributed by atoms with Crippen LogP contribution in [0.1, 0.15) is 19.4 Å². The number of pyridine rings is 1. The molecule has 0 aliphatic carbocycles. The van der Waals surface area contributed by atoms with Gasteiger partial charge in [0.2, 0.25) is 0 Å². The molecular formula is C11H13N5O3. The molecule has 19 heavy (non-hydrogen) atoms. The number of rotatable bonds is 4. The number of nitrogens with zero attached hydrogens (tertiary/aromatic N) is 5. The van der Waals surface area contributed by atoms with Gasteiger partial charge in [-0.3, -0.25) is 9.59 Å². The van der Waals surface area contributed by atoms with Crippen LogP contribution in [0.2, 0.25) is 0 Å². The first-order chi connectivity index (χ1) is 8.99. The highest BCUT2D eigenvalue weighted by atomic mass is 16.4. The summed E-state index contributed by atoms with van der Waals surface area (Å²) in [6.45, 7) is 1.70. The molecule has 2 aromatic rings. The van der Waals surface area contributed by atoms with Crippen LogP contribution < -0.4 is 5.56 Å². The predicted octanol–water partition coefficient (Wildman–Crippen LogP) is 0.0745. The van der Waals surface area contributed by atoms with Crippen molar-refractivity contribution in [3.63, 3.8) is 0 Å². The van der Waals surface area contributed by atoms with Crippen LogP contribution in [-0.2, 0) is 11.8 Å². The highest BCUT2D eigenvalue weighted by molar-refractivity contribution is 5.67. The van der Waals surface area contributed by atoms with Crippen molar-refractivity contribution in [1.29, 1.82) is 0 Å². The van der Waals surface area contributed by atoms with Gasteiger partial charge >= 0.3 is 5.97 Å². The number of aliphatic carboxylic acids is 1. The highest BCUT2D eigenvalue weighted by Gasteiger charge is 2.17. The Balaban J connectivity index is 2.41. The Morgan fingerprint density at radius 2 is 2.26 bits per heavy atom. The minimum atomic E-state index is -0.932. The molecule has 0 aliphatic rings. The Morgan fingerprint density at radius 3 is 2.89 bits per heavy atom. The Morgan fingerprint density at radius 1 is 1.53 bits per heavy atom. The summed E-state index contributed by atoms with van der Waals surface area (Å²) < 4.78 is 2.83. The molecule has 100 valence electrons. The van der Waals surface area contributed by atoms with Crippen LogP contribution in [0.3, 0.4) is 0 Å². The molecule has 0 saturated heterocycles. The van der Waals surface area contributed by atoms with Gasteiger partial charge in [0.1, 0.15) is 0 Å². The summed E-state index contributed by atoms with van der Waals surface area (Å²) >= 11 is 0. The largest absolute Gasteiger partial charge is 0.481 e. The van der Waals surface area contributed by atoms with Gasteiger partial charge < -0.3 is 9.67 Å². The lowest BCUT2D eigenvalue weighted by Crippen LogP contribution is -2.16. The second kappa shape index (κ2) is 5.01. The first-order valence-corrected chi connectivity index (χ1v) is 5.65. The summed E-state index contributed by atoms with van der Waals surface area (Å²) in [4.78, 5) is 22.3. The summed E-state index contributed by atoms with van der Waals surface area (Å²) in [5, 5.41) is 20.0. The van der Waals surface area contributed by atoms with Gasteiger partial charge in [0.05, 0.1) is 12.5 Å². The first-order valence-electron chi connectivity index (χ1n) is 5.65. The molecule has 0 aromatic carbocycles. The van der Waals surface area contributed by atoms with Gasteiger partial charge in [-0.05, 0) is 23.4 Å². The number of hydrogen-bond donors (Lipinski definition) is 1. The van der Waals surface area contributed by atoms with E-state index in [1.165, 1.54) is 15.3 Å².